The highest BCUT2D eigenvalue weighted by Crippen LogP contribution is 2.45. The van der Waals surface area contributed by atoms with Gasteiger partial charge in [-0.3, -0.25) is 0 Å². The van der Waals surface area contributed by atoms with E-state index in [1.165, 1.54) is 17.7 Å². The third-order valence-corrected chi connectivity index (χ3v) is 6.31. The van der Waals surface area contributed by atoms with Crippen molar-refractivity contribution in [1.82, 2.24) is 0 Å². The Morgan fingerprint density at radius 3 is 2.46 bits per heavy atom. The summed E-state index contributed by atoms with van der Waals surface area (Å²) in [4.78, 5) is 0. The van der Waals surface area contributed by atoms with E-state index >= 15 is 0 Å². The van der Waals surface area contributed by atoms with Gasteiger partial charge in [-0.1, -0.05) is 31.2 Å². The maximum atomic E-state index is 13.1. The lowest BCUT2D eigenvalue weighted by Crippen LogP contribution is -2.83. The van der Waals surface area contributed by atoms with Crippen molar-refractivity contribution < 1.29 is 19.2 Å². The van der Waals surface area contributed by atoms with Gasteiger partial charge in [0.2, 0.25) is 0 Å². The maximum Gasteiger partial charge on any atom is 0.123 e. The van der Waals surface area contributed by atoms with Crippen molar-refractivity contribution in [2.45, 2.75) is 57.1 Å². The first-order chi connectivity index (χ1) is 13.5. The Morgan fingerprint density at radius 1 is 1.11 bits per heavy atom. The Balaban J connectivity index is 1.71. The minimum Gasteiger partial charge on any atom is -0.497 e. The van der Waals surface area contributed by atoms with Crippen molar-refractivity contribution in [3.05, 3.63) is 65.5 Å². The van der Waals surface area contributed by atoms with E-state index in [9.17, 15) is 4.39 Å². The molecule has 2 N–H and O–H groups in total. The molecule has 3 rings (SSSR count). The molecule has 0 amide bonds. The zero-order valence-electron chi connectivity index (χ0n) is 17.3. The molecular weight excluding hydrogens is 353 g/mol. The average Bonchev–Trinajstić information content (AvgIpc) is 2.73. The van der Waals surface area contributed by atoms with Crippen molar-refractivity contribution in [3.63, 3.8) is 0 Å². The standard InChI is InChI=1S/C24H32FNO2/c1-4-23(2)18-24(14-16-28-23,20-7-11-22(27-3)12-8-20)13-15-26-17-19-5-9-21(25)10-6-19/h5-12,26H,4,13-18H2,1-3H3/p+1/t23-,24-/m1/s1. The molecule has 0 spiro atoms. The second-order valence-electron chi connectivity index (χ2n) is 8.25. The Kier molecular flexibility index (Phi) is 6.73. The molecule has 0 aliphatic carbocycles. The number of halogens is 1. The highest BCUT2D eigenvalue weighted by atomic mass is 19.1. The van der Waals surface area contributed by atoms with E-state index in [-0.39, 0.29) is 16.8 Å². The first kappa shape index (κ1) is 20.8. The van der Waals surface area contributed by atoms with E-state index in [1.54, 1.807) is 7.11 Å². The summed E-state index contributed by atoms with van der Waals surface area (Å²) in [7, 11) is 1.71. The van der Waals surface area contributed by atoms with Gasteiger partial charge in [0.05, 0.1) is 19.3 Å². The van der Waals surface area contributed by atoms with Gasteiger partial charge in [0.1, 0.15) is 18.1 Å². The van der Waals surface area contributed by atoms with Crippen LogP contribution in [0.5, 0.6) is 5.75 Å². The molecule has 1 aliphatic heterocycles. The number of nitrogens with two attached hydrogens (primary N) is 1. The number of hydrogen-bond donors (Lipinski definition) is 1. The predicted octanol–water partition coefficient (Wildman–Crippen LogP) is 4.20. The van der Waals surface area contributed by atoms with Gasteiger partial charge in [0, 0.05) is 24.0 Å². The highest BCUT2D eigenvalue weighted by Gasteiger charge is 2.43. The van der Waals surface area contributed by atoms with E-state index < -0.39 is 0 Å². The summed E-state index contributed by atoms with van der Waals surface area (Å²) < 4.78 is 24.6. The van der Waals surface area contributed by atoms with Crippen LogP contribution < -0.4 is 10.1 Å². The van der Waals surface area contributed by atoms with Crippen LogP contribution in [0.2, 0.25) is 0 Å². The lowest BCUT2D eigenvalue weighted by Gasteiger charge is -2.46. The van der Waals surface area contributed by atoms with Gasteiger partial charge in [0.15, 0.2) is 0 Å². The van der Waals surface area contributed by atoms with Crippen LogP contribution in [-0.4, -0.2) is 25.9 Å². The molecule has 152 valence electrons. The van der Waals surface area contributed by atoms with Crippen molar-refractivity contribution in [2.75, 3.05) is 20.3 Å². The van der Waals surface area contributed by atoms with E-state index in [0.717, 1.165) is 56.7 Å². The fourth-order valence-corrected chi connectivity index (χ4v) is 4.39. The summed E-state index contributed by atoms with van der Waals surface area (Å²) in [5.74, 6) is 0.718. The first-order valence-corrected chi connectivity index (χ1v) is 10.3. The third kappa shape index (κ3) is 4.92. The Labute approximate surface area is 168 Å². The van der Waals surface area contributed by atoms with Crippen LogP contribution in [0.1, 0.15) is 50.7 Å². The molecule has 1 saturated heterocycles. The molecule has 0 radical (unpaired) electrons. The first-order valence-electron chi connectivity index (χ1n) is 10.3. The number of methoxy groups -OCH3 is 1. The van der Waals surface area contributed by atoms with Crippen LogP contribution in [0.3, 0.4) is 0 Å². The van der Waals surface area contributed by atoms with E-state index in [0.29, 0.717) is 0 Å². The lowest BCUT2D eigenvalue weighted by atomic mass is 9.66. The van der Waals surface area contributed by atoms with Crippen LogP contribution in [0.25, 0.3) is 0 Å². The van der Waals surface area contributed by atoms with Gasteiger partial charge in [-0.05, 0) is 56.0 Å². The van der Waals surface area contributed by atoms with Gasteiger partial charge >= 0.3 is 0 Å². The molecule has 3 nitrogen and oxygen atoms in total. The van der Waals surface area contributed by atoms with Gasteiger partial charge in [0.25, 0.3) is 0 Å². The molecule has 28 heavy (non-hydrogen) atoms. The number of ether oxygens (including phenoxy) is 2. The third-order valence-electron chi connectivity index (χ3n) is 6.31. The molecule has 2 atom stereocenters. The van der Waals surface area contributed by atoms with E-state index in [2.05, 4.69) is 43.4 Å². The van der Waals surface area contributed by atoms with Gasteiger partial charge in [-0.2, -0.15) is 0 Å². The molecule has 0 unspecified atom stereocenters. The van der Waals surface area contributed by atoms with Crippen LogP contribution in [0.4, 0.5) is 4.39 Å². The summed E-state index contributed by atoms with van der Waals surface area (Å²) in [5, 5.41) is 2.33. The molecule has 0 saturated carbocycles. The van der Waals surface area contributed by atoms with E-state index in [1.807, 2.05) is 12.1 Å². The maximum absolute atomic E-state index is 13.1. The molecule has 2 aromatic rings. The minimum atomic E-state index is -0.178. The monoisotopic (exact) mass is 386 g/mol. The van der Waals surface area contributed by atoms with Crippen molar-refractivity contribution in [2.24, 2.45) is 0 Å². The molecule has 0 bridgehead atoms. The van der Waals surface area contributed by atoms with Gasteiger partial charge in [-0.15, -0.1) is 0 Å². The van der Waals surface area contributed by atoms with Gasteiger partial charge in [-0.25, -0.2) is 4.39 Å². The molecule has 4 heteroatoms. The zero-order chi connectivity index (χ0) is 20.0. The second kappa shape index (κ2) is 9.06. The fraction of sp³-hybridized carbons (Fsp3) is 0.500. The molecule has 2 aromatic carbocycles. The van der Waals surface area contributed by atoms with Crippen LogP contribution >= 0.6 is 0 Å². The second-order valence-corrected chi connectivity index (χ2v) is 8.25. The smallest absolute Gasteiger partial charge is 0.123 e. The zero-order valence-corrected chi connectivity index (χ0v) is 17.3. The average molecular weight is 387 g/mol. The number of hydrogen-bond acceptors (Lipinski definition) is 2. The van der Waals surface area contributed by atoms with Crippen molar-refractivity contribution in [1.29, 1.82) is 0 Å². The number of rotatable bonds is 8. The summed E-state index contributed by atoms with van der Waals surface area (Å²) in [6.07, 6.45) is 4.19. The van der Waals surface area contributed by atoms with E-state index in [4.69, 9.17) is 9.47 Å². The fourth-order valence-electron chi connectivity index (χ4n) is 4.39. The van der Waals surface area contributed by atoms with Gasteiger partial charge < -0.3 is 14.8 Å². The number of benzene rings is 2. The summed E-state index contributed by atoms with van der Waals surface area (Å²) >= 11 is 0. The molecule has 1 aliphatic rings. The highest BCUT2D eigenvalue weighted by molar-refractivity contribution is 5.33. The summed E-state index contributed by atoms with van der Waals surface area (Å²) in [6, 6.07) is 15.4. The summed E-state index contributed by atoms with van der Waals surface area (Å²) in [5.41, 5.74) is 2.58. The van der Waals surface area contributed by atoms with Crippen LogP contribution in [-0.2, 0) is 16.7 Å². The molecule has 1 fully saturated rings. The Hall–Kier alpha value is -1.91. The quantitative estimate of drug-likeness (QED) is 0.690. The number of quaternary nitrogens is 1. The largest absolute Gasteiger partial charge is 0.497 e. The lowest BCUT2D eigenvalue weighted by molar-refractivity contribution is -0.672. The van der Waals surface area contributed by atoms with Crippen molar-refractivity contribution in [3.8, 4) is 5.75 Å². The minimum absolute atomic E-state index is 0.0743. The van der Waals surface area contributed by atoms with Crippen LogP contribution in [0.15, 0.2) is 48.5 Å². The Bertz CT molecular complexity index is 746. The molecular formula is C24H33FNO2+. The summed E-state index contributed by atoms with van der Waals surface area (Å²) in [6.45, 7) is 7.16. The van der Waals surface area contributed by atoms with Crippen molar-refractivity contribution >= 4 is 0 Å². The Morgan fingerprint density at radius 2 is 1.82 bits per heavy atom. The molecule has 0 aromatic heterocycles. The molecule has 1 heterocycles. The van der Waals surface area contributed by atoms with Crippen LogP contribution in [0, 0.1) is 5.82 Å². The normalized spacial score (nSPS) is 24.9. The topological polar surface area (TPSA) is 35.1 Å². The predicted molar refractivity (Wildman–Crippen MR) is 110 cm³/mol. The SMILES string of the molecule is CC[C@]1(C)C[C@](CC[NH2+]Cc2ccc(F)cc2)(c2ccc(OC)cc2)CCO1.